The summed E-state index contributed by atoms with van der Waals surface area (Å²) in [7, 11) is 0. The quantitative estimate of drug-likeness (QED) is 0.0320. The fourth-order valence-electron chi connectivity index (χ4n) is 9.96. The first kappa shape index (κ1) is 70.1. The van der Waals surface area contributed by atoms with Crippen molar-refractivity contribution in [2.75, 3.05) is 13.2 Å². The molecule has 0 aromatic heterocycles. The molecule has 0 fully saturated rings. The van der Waals surface area contributed by atoms with E-state index in [0.717, 1.165) is 51.4 Å². The van der Waals surface area contributed by atoms with Crippen LogP contribution in [0, 0.1) is 0 Å². The van der Waals surface area contributed by atoms with Gasteiger partial charge in [0.2, 0.25) is 5.91 Å². The third kappa shape index (κ3) is 57.4. The van der Waals surface area contributed by atoms with Crippen LogP contribution in [0.1, 0.15) is 348 Å². The minimum absolute atomic E-state index is 0.00112. The number of allylic oxidation sites excluding steroid dienone is 5. The standard InChI is InChI=1S/C66H125NO5/c1-3-5-7-9-11-13-15-17-19-21-23-25-26-30-34-38-42-46-50-54-58-64(69)63(62-68)67-65(70)59-55-51-47-43-39-35-31-28-29-33-37-41-45-49-53-57-61-72-66(71)60-56-52-48-44-40-36-32-27-24-22-20-18-16-14-12-10-8-6-4-2/h12,14,18,20,54,58,63-64,68-69H,3-11,13,15-17,19,21-53,55-57,59-62H2,1-2H3,(H,67,70)/b14-12-,20-18-,58-54+. The topological polar surface area (TPSA) is 95.9 Å². The predicted molar refractivity (Wildman–Crippen MR) is 315 cm³/mol. The van der Waals surface area contributed by atoms with E-state index in [9.17, 15) is 19.8 Å². The molecule has 424 valence electrons. The molecule has 0 aromatic rings. The molecule has 6 heteroatoms. The van der Waals surface area contributed by atoms with Crippen molar-refractivity contribution in [3.63, 3.8) is 0 Å². The van der Waals surface area contributed by atoms with E-state index >= 15 is 0 Å². The van der Waals surface area contributed by atoms with Gasteiger partial charge < -0.3 is 20.3 Å². The average molecular weight is 1010 g/mol. The van der Waals surface area contributed by atoms with Crippen LogP contribution in [0.4, 0.5) is 0 Å². The van der Waals surface area contributed by atoms with Gasteiger partial charge in [-0.1, -0.05) is 307 Å². The van der Waals surface area contributed by atoms with Crippen LogP contribution in [0.15, 0.2) is 36.5 Å². The monoisotopic (exact) mass is 1010 g/mol. The van der Waals surface area contributed by atoms with E-state index < -0.39 is 12.1 Å². The van der Waals surface area contributed by atoms with Gasteiger partial charge in [0.15, 0.2) is 0 Å². The number of unbranched alkanes of at least 4 members (excludes halogenated alkanes) is 45. The van der Waals surface area contributed by atoms with Crippen molar-refractivity contribution in [1.29, 1.82) is 0 Å². The van der Waals surface area contributed by atoms with E-state index in [1.165, 1.54) is 270 Å². The molecule has 1 amide bonds. The number of ether oxygens (including phenoxy) is 1. The Morgan fingerprint density at radius 2 is 0.694 bits per heavy atom. The van der Waals surface area contributed by atoms with Crippen LogP contribution in [0.25, 0.3) is 0 Å². The van der Waals surface area contributed by atoms with Crippen LogP contribution in [-0.2, 0) is 14.3 Å². The molecule has 0 aromatic carbocycles. The molecule has 0 aliphatic carbocycles. The smallest absolute Gasteiger partial charge is 0.305 e. The second-order valence-electron chi connectivity index (χ2n) is 22.1. The van der Waals surface area contributed by atoms with E-state index in [2.05, 4.69) is 43.5 Å². The molecule has 2 unspecified atom stereocenters. The summed E-state index contributed by atoms with van der Waals surface area (Å²) in [5.41, 5.74) is 0. The lowest BCUT2D eigenvalue weighted by Crippen LogP contribution is -2.45. The highest BCUT2D eigenvalue weighted by atomic mass is 16.5. The molecular weight excluding hydrogens is 887 g/mol. The minimum Gasteiger partial charge on any atom is -0.466 e. The molecule has 2 atom stereocenters. The number of hydrogen-bond acceptors (Lipinski definition) is 5. The maximum Gasteiger partial charge on any atom is 0.305 e. The lowest BCUT2D eigenvalue weighted by Gasteiger charge is -2.20. The summed E-state index contributed by atoms with van der Waals surface area (Å²) in [5.74, 6) is -0.0733. The number of carbonyl (C=O) groups is 2. The van der Waals surface area contributed by atoms with Crippen molar-refractivity contribution in [1.82, 2.24) is 5.32 Å². The molecule has 0 rings (SSSR count). The van der Waals surface area contributed by atoms with E-state index in [4.69, 9.17) is 4.74 Å². The maximum absolute atomic E-state index is 12.5. The average Bonchev–Trinajstić information content (AvgIpc) is 3.38. The third-order valence-electron chi connectivity index (χ3n) is 14.9. The lowest BCUT2D eigenvalue weighted by molar-refractivity contribution is -0.143. The highest BCUT2D eigenvalue weighted by molar-refractivity contribution is 5.76. The number of esters is 1. The fourth-order valence-corrected chi connectivity index (χ4v) is 9.96. The van der Waals surface area contributed by atoms with Gasteiger partial charge in [0.05, 0.1) is 25.4 Å². The lowest BCUT2D eigenvalue weighted by atomic mass is 10.0. The van der Waals surface area contributed by atoms with Crippen LogP contribution in [0.5, 0.6) is 0 Å². The molecule has 3 N–H and O–H groups in total. The van der Waals surface area contributed by atoms with E-state index in [1.54, 1.807) is 6.08 Å². The van der Waals surface area contributed by atoms with Gasteiger partial charge in [-0.05, 0) is 64.2 Å². The Labute approximate surface area is 449 Å². The molecule has 6 nitrogen and oxygen atoms in total. The van der Waals surface area contributed by atoms with E-state index in [0.29, 0.717) is 19.4 Å². The highest BCUT2D eigenvalue weighted by Crippen LogP contribution is 2.18. The largest absolute Gasteiger partial charge is 0.466 e. The number of rotatable bonds is 60. The van der Waals surface area contributed by atoms with Crippen molar-refractivity contribution < 1.29 is 24.5 Å². The van der Waals surface area contributed by atoms with E-state index in [-0.39, 0.29) is 18.5 Å². The van der Waals surface area contributed by atoms with Crippen molar-refractivity contribution >= 4 is 11.9 Å². The minimum atomic E-state index is -0.851. The molecule has 0 spiro atoms. The van der Waals surface area contributed by atoms with Crippen molar-refractivity contribution in [2.45, 2.75) is 360 Å². The van der Waals surface area contributed by atoms with Gasteiger partial charge in [0.1, 0.15) is 0 Å². The Kier molecular flexibility index (Phi) is 60.0. The number of hydrogen-bond donors (Lipinski definition) is 3. The summed E-state index contributed by atoms with van der Waals surface area (Å²) in [5, 5.41) is 23.2. The molecule has 0 bridgehead atoms. The highest BCUT2D eigenvalue weighted by Gasteiger charge is 2.18. The van der Waals surface area contributed by atoms with Crippen molar-refractivity contribution in [3.05, 3.63) is 36.5 Å². The van der Waals surface area contributed by atoms with Gasteiger partial charge in [-0.2, -0.15) is 0 Å². The molecule has 0 saturated carbocycles. The van der Waals surface area contributed by atoms with Crippen LogP contribution in [-0.4, -0.2) is 47.4 Å². The Bertz CT molecular complexity index is 1170. The maximum atomic E-state index is 12.5. The molecule has 72 heavy (non-hydrogen) atoms. The van der Waals surface area contributed by atoms with Gasteiger partial charge in [-0.15, -0.1) is 0 Å². The van der Waals surface area contributed by atoms with Gasteiger partial charge in [0.25, 0.3) is 0 Å². The van der Waals surface area contributed by atoms with Gasteiger partial charge in [-0.3, -0.25) is 9.59 Å². The third-order valence-corrected chi connectivity index (χ3v) is 14.9. The van der Waals surface area contributed by atoms with Gasteiger partial charge >= 0.3 is 5.97 Å². The zero-order valence-electron chi connectivity index (χ0n) is 48.4. The second kappa shape index (κ2) is 61.6. The number of nitrogens with one attached hydrogen (secondary N) is 1. The van der Waals surface area contributed by atoms with Crippen LogP contribution in [0.3, 0.4) is 0 Å². The van der Waals surface area contributed by atoms with Crippen molar-refractivity contribution in [3.8, 4) is 0 Å². The molecular formula is C66H125NO5. The summed E-state index contributed by atoms with van der Waals surface area (Å²) in [4.78, 5) is 24.6. The molecule has 0 radical (unpaired) electrons. The Morgan fingerprint density at radius 3 is 1.08 bits per heavy atom. The number of amides is 1. The van der Waals surface area contributed by atoms with Crippen LogP contribution in [0.2, 0.25) is 0 Å². The van der Waals surface area contributed by atoms with Gasteiger partial charge in [-0.25, -0.2) is 0 Å². The predicted octanol–water partition coefficient (Wildman–Crippen LogP) is 20.4. The first-order valence-electron chi connectivity index (χ1n) is 32.3. The number of aliphatic hydroxyl groups is 2. The zero-order valence-corrected chi connectivity index (χ0v) is 48.4. The van der Waals surface area contributed by atoms with Gasteiger partial charge in [0, 0.05) is 12.8 Å². The van der Waals surface area contributed by atoms with Crippen LogP contribution < -0.4 is 5.32 Å². The summed E-state index contributed by atoms with van der Waals surface area (Å²) >= 11 is 0. The molecule has 0 saturated heterocycles. The Hall–Kier alpha value is -1.92. The van der Waals surface area contributed by atoms with Crippen molar-refractivity contribution in [2.24, 2.45) is 0 Å². The van der Waals surface area contributed by atoms with E-state index in [1.807, 2.05) is 6.08 Å². The van der Waals surface area contributed by atoms with Crippen LogP contribution >= 0.6 is 0 Å². The molecule has 0 heterocycles. The summed E-state index contributed by atoms with van der Waals surface area (Å²) in [6.07, 6.45) is 77.5. The number of carbonyl (C=O) groups excluding carboxylic acids is 2. The summed E-state index contributed by atoms with van der Waals surface area (Å²) < 4.78 is 5.49. The first-order valence-corrected chi connectivity index (χ1v) is 32.3. The molecule has 0 aliphatic heterocycles. The summed E-state index contributed by atoms with van der Waals surface area (Å²) in [6, 6.07) is -0.635. The first-order chi connectivity index (χ1) is 35.5. The fraction of sp³-hybridized carbons (Fsp3) is 0.879. The molecule has 0 aliphatic rings. The zero-order chi connectivity index (χ0) is 52.2. The normalized spacial score (nSPS) is 12.8. The Balaban J connectivity index is 3.44. The SMILES string of the molecule is CCCCC/C=C\C/C=C\CCCCCCCCCCCC(=O)OCCCCCCCCCCCCCCCCCCC(=O)NC(CO)C(O)/C=C/CCCCCCCCCCCCCCCCCCCC. The second-order valence-corrected chi connectivity index (χ2v) is 22.1. The summed E-state index contributed by atoms with van der Waals surface area (Å²) in [6.45, 7) is 4.89. The number of aliphatic hydroxyl groups excluding tert-OH is 2. The Morgan fingerprint density at radius 1 is 0.389 bits per heavy atom.